The van der Waals surface area contributed by atoms with Crippen LogP contribution in [0.5, 0.6) is 5.75 Å². The maximum Gasteiger partial charge on any atom is 0.259 e. The van der Waals surface area contributed by atoms with Gasteiger partial charge in [-0.25, -0.2) is 0 Å². The first-order valence-electron chi connectivity index (χ1n) is 4.00. The lowest BCUT2D eigenvalue weighted by Crippen LogP contribution is -2.27. The number of rotatable bonds is 3. The first kappa shape index (κ1) is 9.58. The summed E-state index contributed by atoms with van der Waals surface area (Å²) in [4.78, 5) is 12.6. The van der Waals surface area contributed by atoms with Crippen LogP contribution in [0.1, 0.15) is 0 Å². The molecule has 3 heteroatoms. The Balaban J connectivity index is 2.40. The lowest BCUT2D eigenvalue weighted by atomic mass is 10.3. The van der Waals surface area contributed by atoms with Gasteiger partial charge in [-0.15, -0.1) is 0 Å². The predicted octanol–water partition coefficient (Wildman–Crippen LogP) is 0.954. The highest BCUT2D eigenvalue weighted by Crippen LogP contribution is 2.06. The Bertz CT molecular complexity index is 270. The maximum atomic E-state index is 11.1. The molecule has 1 rings (SSSR count). The minimum absolute atomic E-state index is 0.0581. The summed E-state index contributed by atoms with van der Waals surface area (Å²) in [6.07, 6.45) is 0. The zero-order valence-corrected chi connectivity index (χ0v) is 7.78. The topological polar surface area (TPSA) is 29.5 Å². The zero-order valence-electron chi connectivity index (χ0n) is 7.78. The first-order chi connectivity index (χ1) is 6.20. The standard InChI is InChI=1S/C10H12NO2/c1-11(2)10(12)8-13-9-6-4-3-5-7-9/h3-6H,8H2,1-2H3. The van der Waals surface area contributed by atoms with Crippen LogP contribution in [0.3, 0.4) is 0 Å². The van der Waals surface area contributed by atoms with Crippen molar-refractivity contribution in [3.8, 4) is 5.75 Å². The van der Waals surface area contributed by atoms with Crippen molar-refractivity contribution in [3.05, 3.63) is 30.3 Å². The normalized spacial score (nSPS) is 9.38. The number of carbonyl (C=O) groups excluding carboxylic acids is 1. The summed E-state index contributed by atoms with van der Waals surface area (Å²) in [5, 5.41) is 0. The molecule has 0 saturated heterocycles. The van der Waals surface area contributed by atoms with Crippen molar-refractivity contribution in [1.82, 2.24) is 4.90 Å². The second-order valence-corrected chi connectivity index (χ2v) is 2.80. The molecular formula is C10H12NO2. The van der Waals surface area contributed by atoms with Crippen molar-refractivity contribution in [2.75, 3.05) is 20.7 Å². The van der Waals surface area contributed by atoms with Gasteiger partial charge in [0.15, 0.2) is 6.61 Å². The second kappa shape index (κ2) is 4.50. The summed E-state index contributed by atoms with van der Waals surface area (Å²) in [5.41, 5.74) is 0. The molecule has 0 aliphatic rings. The van der Waals surface area contributed by atoms with Crippen molar-refractivity contribution < 1.29 is 9.53 Å². The van der Waals surface area contributed by atoms with E-state index >= 15 is 0 Å². The van der Waals surface area contributed by atoms with E-state index in [-0.39, 0.29) is 12.5 Å². The molecule has 0 fully saturated rings. The van der Waals surface area contributed by atoms with Crippen LogP contribution in [0.2, 0.25) is 0 Å². The van der Waals surface area contributed by atoms with E-state index in [9.17, 15) is 4.79 Å². The van der Waals surface area contributed by atoms with E-state index in [0.717, 1.165) is 0 Å². The third kappa shape index (κ3) is 3.15. The number of benzene rings is 1. The van der Waals surface area contributed by atoms with Crippen molar-refractivity contribution in [2.24, 2.45) is 0 Å². The summed E-state index contributed by atoms with van der Waals surface area (Å²) in [7, 11) is 3.39. The Labute approximate surface area is 77.9 Å². The van der Waals surface area contributed by atoms with Crippen molar-refractivity contribution >= 4 is 5.91 Å². The summed E-state index contributed by atoms with van der Waals surface area (Å²) < 4.78 is 5.18. The summed E-state index contributed by atoms with van der Waals surface area (Å²) in [5.74, 6) is 0.537. The van der Waals surface area contributed by atoms with Crippen LogP contribution in [-0.4, -0.2) is 31.5 Å². The smallest absolute Gasteiger partial charge is 0.259 e. The molecule has 0 aliphatic carbocycles. The SMILES string of the molecule is CN(C)C(=O)COc1[c]cccc1. The molecule has 0 N–H and O–H groups in total. The summed E-state index contributed by atoms with van der Waals surface area (Å²) in [6.45, 7) is 0.0630. The van der Waals surface area contributed by atoms with Gasteiger partial charge in [0.25, 0.3) is 5.91 Å². The highest BCUT2D eigenvalue weighted by molar-refractivity contribution is 5.77. The van der Waals surface area contributed by atoms with Crippen LogP contribution in [0.4, 0.5) is 0 Å². The van der Waals surface area contributed by atoms with Gasteiger partial charge < -0.3 is 9.64 Å². The van der Waals surface area contributed by atoms with E-state index in [2.05, 4.69) is 6.07 Å². The summed E-state index contributed by atoms with van der Waals surface area (Å²) >= 11 is 0. The Hall–Kier alpha value is -1.51. The third-order valence-electron chi connectivity index (χ3n) is 1.53. The van der Waals surface area contributed by atoms with Crippen molar-refractivity contribution in [1.29, 1.82) is 0 Å². The van der Waals surface area contributed by atoms with Crippen LogP contribution in [0.25, 0.3) is 0 Å². The number of carbonyl (C=O) groups is 1. The Morgan fingerprint density at radius 1 is 1.54 bits per heavy atom. The van der Waals surface area contributed by atoms with E-state index < -0.39 is 0 Å². The van der Waals surface area contributed by atoms with Gasteiger partial charge >= 0.3 is 0 Å². The fourth-order valence-corrected chi connectivity index (χ4v) is 0.735. The largest absolute Gasteiger partial charge is 0.483 e. The monoisotopic (exact) mass is 178 g/mol. The molecule has 0 heterocycles. The van der Waals surface area contributed by atoms with Crippen LogP contribution in [0, 0.1) is 6.07 Å². The lowest BCUT2D eigenvalue weighted by molar-refractivity contribution is -0.130. The highest BCUT2D eigenvalue weighted by Gasteiger charge is 2.03. The van der Waals surface area contributed by atoms with Gasteiger partial charge in [-0.1, -0.05) is 18.2 Å². The van der Waals surface area contributed by atoms with Gasteiger partial charge in [0.1, 0.15) is 5.75 Å². The predicted molar refractivity (Wildman–Crippen MR) is 49.5 cm³/mol. The number of ether oxygens (including phenoxy) is 1. The van der Waals surface area contributed by atoms with Gasteiger partial charge in [0.05, 0.1) is 0 Å². The number of hydrogen-bond donors (Lipinski definition) is 0. The number of amides is 1. The number of hydrogen-bond acceptors (Lipinski definition) is 2. The van der Waals surface area contributed by atoms with E-state index in [4.69, 9.17) is 4.74 Å². The van der Waals surface area contributed by atoms with Crippen LogP contribution < -0.4 is 4.74 Å². The molecule has 0 unspecified atom stereocenters. The van der Waals surface area contributed by atoms with E-state index in [1.54, 1.807) is 26.2 Å². The van der Waals surface area contributed by atoms with Crippen LogP contribution in [0.15, 0.2) is 24.3 Å². The Kier molecular flexibility index (Phi) is 3.31. The molecule has 0 spiro atoms. The second-order valence-electron chi connectivity index (χ2n) is 2.80. The van der Waals surface area contributed by atoms with E-state index in [1.165, 1.54) is 4.90 Å². The molecule has 0 aliphatic heterocycles. The fraction of sp³-hybridized carbons (Fsp3) is 0.300. The van der Waals surface area contributed by atoms with Crippen molar-refractivity contribution in [3.63, 3.8) is 0 Å². The summed E-state index contributed by atoms with van der Waals surface area (Å²) in [6, 6.07) is 10.1. The Morgan fingerprint density at radius 2 is 2.31 bits per heavy atom. The molecular weight excluding hydrogens is 166 g/mol. The third-order valence-corrected chi connectivity index (χ3v) is 1.53. The zero-order chi connectivity index (χ0) is 9.68. The Morgan fingerprint density at radius 3 is 2.85 bits per heavy atom. The van der Waals surface area contributed by atoms with Crippen LogP contribution in [-0.2, 0) is 4.79 Å². The van der Waals surface area contributed by atoms with Gasteiger partial charge in [-0.3, -0.25) is 4.79 Å². The lowest BCUT2D eigenvalue weighted by Gasteiger charge is -2.10. The highest BCUT2D eigenvalue weighted by atomic mass is 16.5. The van der Waals surface area contributed by atoms with Gasteiger partial charge in [-0.05, 0) is 6.07 Å². The quantitative estimate of drug-likeness (QED) is 0.689. The van der Waals surface area contributed by atoms with Gasteiger partial charge in [0.2, 0.25) is 0 Å². The van der Waals surface area contributed by atoms with Crippen molar-refractivity contribution in [2.45, 2.75) is 0 Å². The molecule has 0 aromatic heterocycles. The van der Waals surface area contributed by atoms with Crippen LogP contribution >= 0.6 is 0 Å². The number of likely N-dealkylation sites (N-methyl/N-ethyl adjacent to an activating group) is 1. The van der Waals surface area contributed by atoms with Gasteiger partial charge in [-0.2, -0.15) is 0 Å². The molecule has 13 heavy (non-hydrogen) atoms. The first-order valence-corrected chi connectivity index (χ1v) is 4.00. The fourth-order valence-electron chi connectivity index (χ4n) is 0.735. The average Bonchev–Trinajstić information content (AvgIpc) is 2.15. The minimum atomic E-state index is -0.0581. The molecule has 69 valence electrons. The molecule has 1 aromatic rings. The van der Waals surface area contributed by atoms with Gasteiger partial charge in [0, 0.05) is 20.2 Å². The molecule has 0 bridgehead atoms. The van der Waals surface area contributed by atoms with E-state index in [0.29, 0.717) is 5.75 Å². The molecule has 0 atom stereocenters. The maximum absolute atomic E-state index is 11.1. The molecule has 1 amide bonds. The average molecular weight is 178 g/mol. The number of nitrogens with zero attached hydrogens (tertiary/aromatic N) is 1. The number of para-hydroxylation sites is 1. The molecule has 0 saturated carbocycles. The minimum Gasteiger partial charge on any atom is -0.483 e. The molecule has 3 nitrogen and oxygen atoms in total. The van der Waals surface area contributed by atoms with E-state index in [1.807, 2.05) is 12.1 Å². The molecule has 1 aromatic carbocycles. The molecule has 1 radical (unpaired) electrons.